The Bertz CT molecular complexity index is 1060. The number of carbonyl (C=O) groups excluding carboxylic acids is 2. The molecular formula is C24H32ClN3O4S. The third kappa shape index (κ3) is 7.75. The lowest BCUT2D eigenvalue weighted by Gasteiger charge is -2.32. The number of benzene rings is 2. The molecule has 0 saturated carbocycles. The number of aryl methyl sites for hydroxylation is 1. The lowest BCUT2D eigenvalue weighted by molar-refractivity contribution is -0.139. The molecule has 2 atom stereocenters. The van der Waals surface area contributed by atoms with Gasteiger partial charge >= 0.3 is 0 Å². The number of hydrogen-bond donors (Lipinski definition) is 1. The van der Waals surface area contributed by atoms with Gasteiger partial charge < -0.3 is 10.2 Å². The summed E-state index contributed by atoms with van der Waals surface area (Å²) in [6.07, 6.45) is 1.79. The second-order valence-corrected chi connectivity index (χ2v) is 10.6. The van der Waals surface area contributed by atoms with E-state index in [2.05, 4.69) is 5.32 Å². The number of anilines is 1. The van der Waals surface area contributed by atoms with E-state index in [-0.39, 0.29) is 18.5 Å². The minimum Gasteiger partial charge on any atom is -0.352 e. The predicted molar refractivity (Wildman–Crippen MR) is 133 cm³/mol. The second-order valence-electron chi connectivity index (χ2n) is 8.25. The number of nitrogens with zero attached hydrogens (tertiary/aromatic N) is 2. The smallest absolute Gasteiger partial charge is 0.244 e. The highest BCUT2D eigenvalue weighted by molar-refractivity contribution is 7.92. The van der Waals surface area contributed by atoms with Gasteiger partial charge in [-0.05, 0) is 57.0 Å². The van der Waals surface area contributed by atoms with Crippen LogP contribution in [0.5, 0.6) is 0 Å². The molecule has 0 spiro atoms. The lowest BCUT2D eigenvalue weighted by atomic mass is 10.1. The maximum atomic E-state index is 13.4. The molecule has 0 heterocycles. The van der Waals surface area contributed by atoms with Gasteiger partial charge in [0.2, 0.25) is 21.8 Å². The van der Waals surface area contributed by atoms with E-state index in [4.69, 9.17) is 11.6 Å². The van der Waals surface area contributed by atoms with Crippen molar-refractivity contribution < 1.29 is 18.0 Å². The second kappa shape index (κ2) is 11.5. The summed E-state index contributed by atoms with van der Waals surface area (Å²) in [6.45, 7) is 7.20. The molecular weight excluding hydrogens is 462 g/mol. The average Bonchev–Trinajstić information content (AvgIpc) is 2.76. The van der Waals surface area contributed by atoms with E-state index in [1.807, 2.05) is 45.0 Å². The number of carbonyl (C=O) groups is 2. The quantitative estimate of drug-likeness (QED) is 0.546. The Morgan fingerprint density at radius 3 is 2.12 bits per heavy atom. The van der Waals surface area contributed by atoms with Gasteiger partial charge in [0, 0.05) is 17.6 Å². The maximum absolute atomic E-state index is 13.4. The minimum atomic E-state index is -3.76. The normalized spacial score (nSPS) is 13.2. The molecule has 9 heteroatoms. The van der Waals surface area contributed by atoms with Gasteiger partial charge in [-0.1, -0.05) is 48.4 Å². The van der Waals surface area contributed by atoms with Crippen molar-refractivity contribution in [1.82, 2.24) is 10.2 Å². The zero-order valence-corrected chi connectivity index (χ0v) is 21.3. The number of rotatable bonds is 10. The van der Waals surface area contributed by atoms with Crippen LogP contribution in [0.3, 0.4) is 0 Å². The van der Waals surface area contributed by atoms with Crippen molar-refractivity contribution in [3.05, 3.63) is 64.7 Å². The molecule has 0 aliphatic heterocycles. The van der Waals surface area contributed by atoms with Gasteiger partial charge in [-0.3, -0.25) is 13.9 Å². The van der Waals surface area contributed by atoms with Crippen molar-refractivity contribution in [1.29, 1.82) is 0 Å². The van der Waals surface area contributed by atoms with Gasteiger partial charge in [0.25, 0.3) is 0 Å². The molecule has 0 aliphatic carbocycles. The number of nitrogens with one attached hydrogen (secondary N) is 1. The van der Waals surface area contributed by atoms with Crippen molar-refractivity contribution >= 4 is 39.1 Å². The summed E-state index contributed by atoms with van der Waals surface area (Å²) in [5.41, 5.74) is 2.24. The zero-order chi connectivity index (χ0) is 24.8. The Morgan fingerprint density at radius 2 is 1.61 bits per heavy atom. The number of amides is 2. The summed E-state index contributed by atoms with van der Waals surface area (Å²) in [5, 5.41) is 3.36. The Labute approximate surface area is 201 Å². The van der Waals surface area contributed by atoms with E-state index in [9.17, 15) is 18.0 Å². The van der Waals surface area contributed by atoms with Crippen molar-refractivity contribution in [2.45, 2.75) is 52.7 Å². The fourth-order valence-electron chi connectivity index (χ4n) is 3.16. The Morgan fingerprint density at radius 1 is 1.03 bits per heavy atom. The molecule has 0 bridgehead atoms. The van der Waals surface area contributed by atoms with Gasteiger partial charge in [-0.2, -0.15) is 0 Å². The molecule has 2 aromatic carbocycles. The van der Waals surface area contributed by atoms with E-state index >= 15 is 0 Å². The standard InChI is InChI=1S/C24H32ClN3O4S/c1-6-18(3)26-24(30)19(4)27(15-20-9-7-17(2)8-10-20)23(29)16-28(33(5,31)32)22-13-11-21(25)12-14-22/h7-14,18-19H,6,15-16H2,1-5H3,(H,26,30). The molecule has 0 aromatic heterocycles. The molecule has 0 aliphatic rings. The Hall–Kier alpha value is -2.58. The van der Waals surface area contributed by atoms with E-state index in [0.29, 0.717) is 10.7 Å². The highest BCUT2D eigenvalue weighted by atomic mass is 35.5. The number of halogens is 1. The fraction of sp³-hybridized carbons (Fsp3) is 0.417. The van der Waals surface area contributed by atoms with E-state index < -0.39 is 28.5 Å². The van der Waals surface area contributed by atoms with Gasteiger partial charge in [-0.15, -0.1) is 0 Å². The summed E-state index contributed by atoms with van der Waals surface area (Å²) in [6, 6.07) is 13.0. The van der Waals surface area contributed by atoms with E-state index in [0.717, 1.165) is 28.1 Å². The van der Waals surface area contributed by atoms with Crippen LogP contribution in [-0.4, -0.2) is 50.0 Å². The molecule has 7 nitrogen and oxygen atoms in total. The van der Waals surface area contributed by atoms with Crippen LogP contribution >= 0.6 is 11.6 Å². The minimum absolute atomic E-state index is 0.0436. The summed E-state index contributed by atoms with van der Waals surface area (Å²) >= 11 is 5.93. The van der Waals surface area contributed by atoms with Crippen molar-refractivity contribution in [3.63, 3.8) is 0 Å². The fourth-order valence-corrected chi connectivity index (χ4v) is 4.13. The van der Waals surface area contributed by atoms with Crippen LogP contribution < -0.4 is 9.62 Å². The topological polar surface area (TPSA) is 86.8 Å². The predicted octanol–water partition coefficient (Wildman–Crippen LogP) is 3.75. The first-order valence-corrected chi connectivity index (χ1v) is 13.0. The summed E-state index contributed by atoms with van der Waals surface area (Å²) in [7, 11) is -3.76. The van der Waals surface area contributed by atoms with Crippen molar-refractivity contribution in [3.8, 4) is 0 Å². The highest BCUT2D eigenvalue weighted by Gasteiger charge is 2.30. The van der Waals surface area contributed by atoms with Gasteiger partial charge in [0.15, 0.2) is 0 Å². The summed E-state index contributed by atoms with van der Waals surface area (Å²) in [5.74, 6) is -0.773. The summed E-state index contributed by atoms with van der Waals surface area (Å²) < 4.78 is 26.0. The molecule has 33 heavy (non-hydrogen) atoms. The highest BCUT2D eigenvalue weighted by Crippen LogP contribution is 2.21. The van der Waals surface area contributed by atoms with Crippen LogP contribution in [0.4, 0.5) is 5.69 Å². The third-order valence-corrected chi connectivity index (χ3v) is 6.83. The SMILES string of the molecule is CCC(C)NC(=O)C(C)N(Cc1ccc(C)cc1)C(=O)CN(c1ccc(Cl)cc1)S(C)(=O)=O. The van der Waals surface area contributed by atoms with Gasteiger partial charge in [0.1, 0.15) is 12.6 Å². The van der Waals surface area contributed by atoms with Crippen LogP contribution in [0.1, 0.15) is 38.3 Å². The number of sulfonamides is 1. The van der Waals surface area contributed by atoms with Crippen LogP contribution in [0.25, 0.3) is 0 Å². The van der Waals surface area contributed by atoms with Crippen LogP contribution in [0.15, 0.2) is 48.5 Å². The molecule has 1 N–H and O–H groups in total. The zero-order valence-electron chi connectivity index (χ0n) is 19.7. The van der Waals surface area contributed by atoms with Crippen molar-refractivity contribution in [2.24, 2.45) is 0 Å². The number of hydrogen-bond acceptors (Lipinski definition) is 4. The van der Waals surface area contributed by atoms with Crippen LogP contribution in [0.2, 0.25) is 5.02 Å². The molecule has 0 saturated heterocycles. The summed E-state index contributed by atoms with van der Waals surface area (Å²) in [4.78, 5) is 27.7. The monoisotopic (exact) mass is 493 g/mol. The molecule has 2 amide bonds. The first-order chi connectivity index (χ1) is 15.4. The lowest BCUT2D eigenvalue weighted by Crippen LogP contribution is -2.52. The van der Waals surface area contributed by atoms with Gasteiger partial charge in [0.05, 0.1) is 11.9 Å². The Kier molecular flexibility index (Phi) is 9.31. The van der Waals surface area contributed by atoms with Gasteiger partial charge in [-0.25, -0.2) is 8.42 Å². The van der Waals surface area contributed by atoms with Crippen LogP contribution in [0, 0.1) is 6.92 Å². The Balaban J connectivity index is 2.36. The maximum Gasteiger partial charge on any atom is 0.244 e. The van der Waals surface area contributed by atoms with Crippen molar-refractivity contribution in [2.75, 3.05) is 17.1 Å². The molecule has 0 radical (unpaired) electrons. The molecule has 2 aromatic rings. The molecule has 180 valence electrons. The first kappa shape index (κ1) is 26.7. The average molecular weight is 494 g/mol. The first-order valence-electron chi connectivity index (χ1n) is 10.8. The third-order valence-electron chi connectivity index (χ3n) is 5.44. The molecule has 2 unspecified atom stereocenters. The molecule has 0 fully saturated rings. The molecule has 2 rings (SSSR count). The van der Waals surface area contributed by atoms with E-state index in [1.54, 1.807) is 31.2 Å². The largest absolute Gasteiger partial charge is 0.352 e. The van der Waals surface area contributed by atoms with E-state index in [1.165, 1.54) is 4.90 Å². The van der Waals surface area contributed by atoms with Crippen LogP contribution in [-0.2, 0) is 26.2 Å².